The maximum Gasteiger partial charge on any atom is 0.460 e. The second kappa shape index (κ2) is 11.5. The van der Waals surface area contributed by atoms with E-state index in [2.05, 4.69) is 4.74 Å². The highest BCUT2D eigenvalue weighted by Gasteiger charge is 3.01. The molecule has 0 rings (SSSR count). The van der Waals surface area contributed by atoms with Gasteiger partial charge in [-0.05, 0) is 13.8 Å². The van der Waals surface area contributed by atoms with Crippen LogP contribution in [0.3, 0.4) is 0 Å². The maximum atomic E-state index is 13.8. The van der Waals surface area contributed by atoms with Gasteiger partial charge in [-0.2, -0.15) is 127 Å². The Kier molecular flexibility index (Phi) is 10.9. The molecule has 0 atom stereocenters. The van der Waals surface area contributed by atoms with Gasteiger partial charge in [-0.15, -0.1) is 0 Å². The highest BCUT2D eigenvalue weighted by Crippen LogP contribution is 2.69. The van der Waals surface area contributed by atoms with Crippen LogP contribution in [0.1, 0.15) is 13.8 Å². The molecule has 0 unspecified atom stereocenters. The van der Waals surface area contributed by atoms with Crippen LogP contribution in [0.25, 0.3) is 0 Å². The second-order valence-corrected chi connectivity index (χ2v) is 9.42. The van der Waals surface area contributed by atoms with E-state index in [1.165, 1.54) is 0 Å². The van der Waals surface area contributed by atoms with Gasteiger partial charge in [0.05, 0.1) is 6.10 Å². The molecule has 2 nitrogen and oxygen atoms in total. The summed E-state index contributed by atoms with van der Waals surface area (Å²) in [7, 11) is 0. The third-order valence-corrected chi connectivity index (χ3v) is 5.69. The molecule has 0 aromatic rings. The van der Waals surface area contributed by atoms with Crippen LogP contribution >= 0.6 is 0 Å². The van der Waals surface area contributed by atoms with Gasteiger partial charge < -0.3 is 4.74 Å². The molecular formula is C18H7F29O2. The average molecular weight is 806 g/mol. The van der Waals surface area contributed by atoms with E-state index in [4.69, 9.17) is 0 Å². The topological polar surface area (TPSA) is 26.3 Å². The van der Waals surface area contributed by atoms with Crippen LogP contribution in [0.5, 0.6) is 0 Å². The molecular weight excluding hydrogens is 799 g/mol. The Morgan fingerprint density at radius 1 is 0.327 bits per heavy atom. The lowest BCUT2D eigenvalue weighted by atomic mass is 9.83. The van der Waals surface area contributed by atoms with E-state index in [9.17, 15) is 132 Å². The Bertz CT molecular complexity index is 1220. The highest BCUT2D eigenvalue weighted by molar-refractivity contribution is 5.79. The fourth-order valence-corrected chi connectivity index (χ4v) is 2.76. The van der Waals surface area contributed by atoms with E-state index in [-0.39, 0.29) is 0 Å². The molecule has 0 fully saturated rings. The van der Waals surface area contributed by atoms with Crippen molar-refractivity contribution in [3.05, 3.63) is 0 Å². The molecule has 294 valence electrons. The van der Waals surface area contributed by atoms with Crippen molar-refractivity contribution < 1.29 is 137 Å². The summed E-state index contributed by atoms with van der Waals surface area (Å²) >= 11 is 0. The molecule has 0 aliphatic carbocycles. The van der Waals surface area contributed by atoms with Gasteiger partial charge in [-0.3, -0.25) is 0 Å². The number of carbonyl (C=O) groups excluding carboxylic acids is 1. The SMILES string of the molecule is CC(C)OC(=O)C(F)(F)C(F)(F)C(F)(F)C(F)(F)C(F)(F)C(F)(F)C(F)(F)C(F)(F)C(F)(F)C(F)(F)C(F)(F)C(F)(F)C(F)(F)C(F)(F)F. The Labute approximate surface area is 247 Å². The van der Waals surface area contributed by atoms with Crippen molar-refractivity contribution in [1.82, 2.24) is 0 Å². The second-order valence-electron chi connectivity index (χ2n) is 9.42. The lowest BCUT2D eigenvalue weighted by molar-refractivity contribution is -0.486. The van der Waals surface area contributed by atoms with Crippen molar-refractivity contribution in [1.29, 1.82) is 0 Å². The predicted octanol–water partition coefficient (Wildman–Crippen LogP) is 9.76. The van der Waals surface area contributed by atoms with Gasteiger partial charge >= 0.3 is 89.1 Å². The summed E-state index contributed by atoms with van der Waals surface area (Å²) in [6.45, 7) is 0.738. The first-order chi connectivity index (χ1) is 20.6. The standard InChI is InChI=1S/C18H7F29O2/c1-3(2)49-4(48)5(19,20)6(21,22)7(23,24)8(25,26)9(27,28)10(29,30)11(31,32)12(33,34)13(35,36)14(37,38)15(39,40)16(41,42)17(43,44)18(45,46)47/h3H,1-2H3. The van der Waals surface area contributed by atoms with E-state index in [0.717, 1.165) is 0 Å². The number of halogens is 29. The van der Waals surface area contributed by atoms with E-state index >= 15 is 0 Å². The lowest BCUT2D eigenvalue weighted by Crippen LogP contribution is -2.79. The Balaban J connectivity index is 7.57. The van der Waals surface area contributed by atoms with Crippen LogP contribution < -0.4 is 0 Å². The van der Waals surface area contributed by atoms with Gasteiger partial charge in [0.25, 0.3) is 0 Å². The Morgan fingerprint density at radius 3 is 0.653 bits per heavy atom. The number of hydrogen-bond donors (Lipinski definition) is 0. The molecule has 49 heavy (non-hydrogen) atoms. The minimum Gasteiger partial charge on any atom is -0.458 e. The number of ether oxygens (including phenoxy) is 1. The Morgan fingerprint density at radius 2 is 0.490 bits per heavy atom. The van der Waals surface area contributed by atoms with Gasteiger partial charge in [0, 0.05) is 0 Å². The van der Waals surface area contributed by atoms with Crippen LogP contribution in [0.4, 0.5) is 127 Å². The number of esters is 1. The van der Waals surface area contributed by atoms with Crippen LogP contribution in [-0.2, 0) is 9.53 Å². The molecule has 31 heteroatoms. The molecule has 0 N–H and O–H groups in total. The van der Waals surface area contributed by atoms with Crippen molar-refractivity contribution in [3.63, 3.8) is 0 Å². The third kappa shape index (κ3) is 5.54. The summed E-state index contributed by atoms with van der Waals surface area (Å²) in [5.74, 6) is -126. The molecule has 0 bridgehead atoms. The molecule has 0 radical (unpaired) electrons. The van der Waals surface area contributed by atoms with Gasteiger partial charge in [-0.1, -0.05) is 0 Å². The fourth-order valence-electron chi connectivity index (χ4n) is 2.76. The first-order valence-electron chi connectivity index (χ1n) is 10.8. The molecule has 0 heterocycles. The zero-order valence-corrected chi connectivity index (χ0v) is 21.9. The summed E-state index contributed by atoms with van der Waals surface area (Å²) in [4.78, 5) is 10.9. The first-order valence-corrected chi connectivity index (χ1v) is 10.8. The van der Waals surface area contributed by atoms with E-state index in [0.29, 0.717) is 13.8 Å². The van der Waals surface area contributed by atoms with Crippen molar-refractivity contribution in [3.8, 4) is 0 Å². The fraction of sp³-hybridized carbons (Fsp3) is 0.944. The molecule has 0 saturated heterocycles. The lowest BCUT2D eigenvalue weighted by Gasteiger charge is -2.46. The summed E-state index contributed by atoms with van der Waals surface area (Å²) in [6.07, 6.45) is -10.5. The molecule has 0 saturated carbocycles. The van der Waals surface area contributed by atoms with Crippen LogP contribution in [0, 0.1) is 0 Å². The number of hydrogen-bond acceptors (Lipinski definition) is 2. The summed E-state index contributed by atoms with van der Waals surface area (Å²) < 4.78 is 392. The van der Waals surface area contributed by atoms with Crippen LogP contribution in [0.2, 0.25) is 0 Å². The van der Waals surface area contributed by atoms with Crippen LogP contribution in [-0.4, -0.2) is 95.2 Å². The van der Waals surface area contributed by atoms with E-state index in [1.54, 1.807) is 0 Å². The molecule has 0 aromatic heterocycles. The number of alkyl halides is 29. The molecule has 0 aliphatic rings. The smallest absolute Gasteiger partial charge is 0.458 e. The summed E-state index contributed by atoms with van der Waals surface area (Å²) in [6, 6.07) is 0. The largest absolute Gasteiger partial charge is 0.460 e. The van der Waals surface area contributed by atoms with Crippen molar-refractivity contribution in [2.75, 3.05) is 0 Å². The Hall–Kier alpha value is -2.56. The predicted molar refractivity (Wildman–Crippen MR) is 91.6 cm³/mol. The quantitative estimate of drug-likeness (QED) is 0.129. The normalized spacial score (nSPS) is 16.7. The van der Waals surface area contributed by atoms with E-state index in [1.807, 2.05) is 0 Å². The average Bonchev–Trinajstić information content (AvgIpc) is 2.85. The zero-order chi connectivity index (χ0) is 40.9. The number of carbonyl (C=O) groups is 1. The highest BCUT2D eigenvalue weighted by atomic mass is 19.4. The van der Waals surface area contributed by atoms with Gasteiger partial charge in [0.2, 0.25) is 0 Å². The minimum absolute atomic E-state index is 0.369. The molecule has 0 amide bonds. The molecule has 0 aliphatic heterocycles. The zero-order valence-electron chi connectivity index (χ0n) is 21.9. The van der Waals surface area contributed by atoms with Crippen molar-refractivity contribution >= 4 is 5.97 Å². The van der Waals surface area contributed by atoms with Crippen molar-refractivity contribution in [2.45, 2.75) is 103 Å². The monoisotopic (exact) mass is 806 g/mol. The minimum atomic E-state index is -9.98. The van der Waals surface area contributed by atoms with E-state index < -0.39 is 95.2 Å². The summed E-state index contributed by atoms with van der Waals surface area (Å²) in [5, 5.41) is 0. The van der Waals surface area contributed by atoms with Gasteiger partial charge in [0.15, 0.2) is 0 Å². The summed E-state index contributed by atoms with van der Waals surface area (Å²) in [5.41, 5.74) is 0. The van der Waals surface area contributed by atoms with Crippen LogP contribution in [0.15, 0.2) is 0 Å². The first kappa shape index (κ1) is 46.4. The third-order valence-electron chi connectivity index (χ3n) is 5.69. The van der Waals surface area contributed by atoms with Crippen molar-refractivity contribution in [2.24, 2.45) is 0 Å². The van der Waals surface area contributed by atoms with Gasteiger partial charge in [-0.25, -0.2) is 4.79 Å². The maximum absolute atomic E-state index is 13.8. The molecule has 0 aromatic carbocycles. The molecule has 0 spiro atoms. The number of rotatable bonds is 14. The van der Waals surface area contributed by atoms with Gasteiger partial charge in [0.1, 0.15) is 0 Å².